The van der Waals surface area contributed by atoms with Gasteiger partial charge < -0.3 is 9.64 Å². The highest BCUT2D eigenvalue weighted by Crippen LogP contribution is 2.29. The van der Waals surface area contributed by atoms with Crippen LogP contribution in [0.2, 0.25) is 0 Å². The normalized spacial score (nSPS) is 16.6. The van der Waals surface area contributed by atoms with E-state index >= 15 is 0 Å². The highest BCUT2D eigenvalue weighted by molar-refractivity contribution is 8.18. The van der Waals surface area contributed by atoms with E-state index in [0.29, 0.717) is 11.5 Å². The highest BCUT2D eigenvalue weighted by atomic mass is 32.2. The Balaban J connectivity index is 2.05. The fraction of sp³-hybridized carbons (Fsp3) is 0.333. The second kappa shape index (κ2) is 7.28. The number of carbonyl (C=O) groups is 2. The lowest BCUT2D eigenvalue weighted by Crippen LogP contribution is -2.17. The minimum Gasteiger partial charge on any atom is -0.493 e. The number of amides is 2. The lowest BCUT2D eigenvalue weighted by Gasteiger charge is -2.12. The Kier molecular flexibility index (Phi) is 5.41. The van der Waals surface area contributed by atoms with Gasteiger partial charge in [0.25, 0.3) is 11.1 Å². The van der Waals surface area contributed by atoms with Crippen LogP contribution in [-0.4, -0.2) is 43.3 Å². The molecule has 1 N–H and O–H groups in total. The molecule has 0 spiro atoms. The summed E-state index contributed by atoms with van der Waals surface area (Å²) in [6, 6.07) is 7.49. The number of thioether (sulfide) groups is 1. The second-order valence-electron chi connectivity index (χ2n) is 4.90. The molecule has 0 saturated carbocycles. The van der Waals surface area contributed by atoms with Crippen molar-refractivity contribution in [2.45, 2.75) is 6.42 Å². The fourth-order valence-electron chi connectivity index (χ4n) is 1.86. The highest BCUT2D eigenvalue weighted by Gasteiger charge is 2.25. The molecular formula is C15H18N2O3S. The lowest BCUT2D eigenvalue weighted by molar-refractivity contribution is -0.115. The maximum Gasteiger partial charge on any atom is 0.290 e. The number of benzene rings is 1. The van der Waals surface area contributed by atoms with Gasteiger partial charge in [0.15, 0.2) is 0 Å². The first-order valence-corrected chi connectivity index (χ1v) is 7.49. The Labute approximate surface area is 128 Å². The van der Waals surface area contributed by atoms with Gasteiger partial charge in [-0.3, -0.25) is 14.9 Å². The maximum atomic E-state index is 11.6. The Bertz CT molecular complexity index is 570. The Morgan fingerprint density at radius 2 is 2.05 bits per heavy atom. The minimum atomic E-state index is -0.354. The van der Waals surface area contributed by atoms with E-state index in [0.717, 1.165) is 36.0 Å². The van der Waals surface area contributed by atoms with Crippen molar-refractivity contribution in [1.29, 1.82) is 0 Å². The molecular weight excluding hydrogens is 288 g/mol. The number of ether oxygens (including phenoxy) is 1. The first kappa shape index (κ1) is 15.6. The second-order valence-corrected chi connectivity index (χ2v) is 5.91. The summed E-state index contributed by atoms with van der Waals surface area (Å²) in [4.78, 5) is 25.2. The van der Waals surface area contributed by atoms with E-state index < -0.39 is 0 Å². The minimum absolute atomic E-state index is 0.337. The molecule has 0 unspecified atom stereocenters. The van der Waals surface area contributed by atoms with Crippen molar-refractivity contribution in [2.24, 2.45) is 0 Å². The lowest BCUT2D eigenvalue weighted by atomic mass is 10.2. The number of imide groups is 1. The third-order valence-electron chi connectivity index (χ3n) is 2.85. The van der Waals surface area contributed by atoms with Crippen LogP contribution in [0, 0.1) is 0 Å². The molecule has 0 aromatic heterocycles. The molecule has 0 bridgehead atoms. The third-order valence-corrected chi connectivity index (χ3v) is 3.67. The van der Waals surface area contributed by atoms with Gasteiger partial charge in [-0.15, -0.1) is 0 Å². The predicted molar refractivity (Wildman–Crippen MR) is 84.2 cm³/mol. The predicted octanol–water partition coefficient (Wildman–Crippen LogP) is 2.34. The summed E-state index contributed by atoms with van der Waals surface area (Å²) in [5.74, 6) is 0.365. The van der Waals surface area contributed by atoms with Gasteiger partial charge in [-0.2, -0.15) is 0 Å². The van der Waals surface area contributed by atoms with Crippen LogP contribution >= 0.6 is 11.8 Å². The SMILES string of the molecule is CN(C)CCCOc1ccccc1C=C1SC(=O)NC1=O. The standard InChI is InChI=1S/C15H18N2O3S/c1-17(2)8-5-9-20-12-7-4-3-6-11(12)10-13-14(18)16-15(19)21-13/h3-4,6-7,10H,5,8-9H2,1-2H3,(H,16,18,19). The molecule has 1 aromatic carbocycles. The number of carbonyl (C=O) groups excluding carboxylic acids is 2. The fourth-order valence-corrected chi connectivity index (χ4v) is 2.53. The molecule has 1 saturated heterocycles. The topological polar surface area (TPSA) is 58.6 Å². The zero-order valence-electron chi connectivity index (χ0n) is 12.1. The van der Waals surface area contributed by atoms with Gasteiger partial charge in [-0.1, -0.05) is 18.2 Å². The molecule has 0 radical (unpaired) electrons. The molecule has 1 aliphatic heterocycles. The van der Waals surface area contributed by atoms with Gasteiger partial charge in [-0.25, -0.2) is 0 Å². The van der Waals surface area contributed by atoms with Crippen molar-refractivity contribution in [3.05, 3.63) is 34.7 Å². The Morgan fingerprint density at radius 3 is 2.71 bits per heavy atom. The first-order chi connectivity index (χ1) is 10.1. The van der Waals surface area contributed by atoms with Crippen LogP contribution in [0.4, 0.5) is 4.79 Å². The largest absolute Gasteiger partial charge is 0.493 e. The van der Waals surface area contributed by atoms with Crippen LogP contribution in [0.1, 0.15) is 12.0 Å². The number of hydrogen-bond acceptors (Lipinski definition) is 5. The molecule has 2 rings (SSSR count). The van der Waals surface area contributed by atoms with E-state index in [-0.39, 0.29) is 11.1 Å². The molecule has 0 aliphatic carbocycles. The van der Waals surface area contributed by atoms with E-state index in [1.54, 1.807) is 6.08 Å². The summed E-state index contributed by atoms with van der Waals surface area (Å²) in [6.07, 6.45) is 2.61. The van der Waals surface area contributed by atoms with Crippen LogP contribution in [0.25, 0.3) is 6.08 Å². The van der Waals surface area contributed by atoms with Crippen LogP contribution in [-0.2, 0) is 4.79 Å². The Hall–Kier alpha value is -1.79. The number of nitrogens with one attached hydrogen (secondary N) is 1. The quantitative estimate of drug-likeness (QED) is 0.646. The van der Waals surface area contributed by atoms with Crippen molar-refractivity contribution in [2.75, 3.05) is 27.2 Å². The monoisotopic (exact) mass is 306 g/mol. The van der Waals surface area contributed by atoms with Gasteiger partial charge in [0.2, 0.25) is 0 Å². The van der Waals surface area contributed by atoms with Crippen LogP contribution in [0.3, 0.4) is 0 Å². The summed E-state index contributed by atoms with van der Waals surface area (Å²) in [7, 11) is 4.04. The van der Waals surface area contributed by atoms with Gasteiger partial charge in [0.1, 0.15) is 5.75 Å². The van der Waals surface area contributed by atoms with E-state index in [4.69, 9.17) is 4.74 Å². The molecule has 21 heavy (non-hydrogen) atoms. The van der Waals surface area contributed by atoms with Gasteiger partial charge in [-0.05, 0) is 44.4 Å². The summed E-state index contributed by atoms with van der Waals surface area (Å²) in [5, 5.41) is 1.90. The molecule has 0 atom stereocenters. The van der Waals surface area contributed by atoms with Crippen molar-refractivity contribution in [3.8, 4) is 5.75 Å². The van der Waals surface area contributed by atoms with Crippen LogP contribution < -0.4 is 10.1 Å². The summed E-state index contributed by atoms with van der Waals surface area (Å²) >= 11 is 0.909. The van der Waals surface area contributed by atoms with E-state index in [1.165, 1.54) is 0 Å². The van der Waals surface area contributed by atoms with E-state index in [9.17, 15) is 9.59 Å². The first-order valence-electron chi connectivity index (χ1n) is 6.67. The molecule has 1 fully saturated rings. The average molecular weight is 306 g/mol. The number of rotatable bonds is 6. The number of nitrogens with zero attached hydrogens (tertiary/aromatic N) is 1. The van der Waals surface area contributed by atoms with Crippen LogP contribution in [0.15, 0.2) is 29.2 Å². The molecule has 1 aromatic rings. The van der Waals surface area contributed by atoms with Gasteiger partial charge >= 0.3 is 0 Å². The average Bonchev–Trinajstić information content (AvgIpc) is 2.74. The summed E-state index contributed by atoms with van der Waals surface area (Å²) in [5.41, 5.74) is 0.801. The summed E-state index contributed by atoms with van der Waals surface area (Å²) in [6.45, 7) is 1.56. The molecule has 112 valence electrons. The van der Waals surface area contributed by atoms with E-state index in [2.05, 4.69) is 10.2 Å². The zero-order chi connectivity index (χ0) is 15.2. The maximum absolute atomic E-state index is 11.6. The molecule has 2 amide bonds. The molecule has 1 aliphatic rings. The number of para-hydroxylation sites is 1. The van der Waals surface area contributed by atoms with Crippen LogP contribution in [0.5, 0.6) is 5.75 Å². The smallest absolute Gasteiger partial charge is 0.290 e. The van der Waals surface area contributed by atoms with Crippen molar-refractivity contribution >= 4 is 29.0 Å². The Morgan fingerprint density at radius 1 is 1.29 bits per heavy atom. The third kappa shape index (κ3) is 4.61. The van der Waals surface area contributed by atoms with Crippen molar-refractivity contribution < 1.29 is 14.3 Å². The summed E-state index contributed by atoms with van der Waals surface area (Å²) < 4.78 is 5.76. The number of hydrogen-bond donors (Lipinski definition) is 1. The zero-order valence-corrected chi connectivity index (χ0v) is 12.9. The molecule has 1 heterocycles. The van der Waals surface area contributed by atoms with Crippen molar-refractivity contribution in [1.82, 2.24) is 10.2 Å². The van der Waals surface area contributed by atoms with E-state index in [1.807, 2.05) is 38.4 Å². The van der Waals surface area contributed by atoms with Gasteiger partial charge in [0, 0.05) is 12.1 Å². The van der Waals surface area contributed by atoms with Gasteiger partial charge in [0.05, 0.1) is 11.5 Å². The molecule has 5 nitrogen and oxygen atoms in total. The molecule has 6 heteroatoms. The van der Waals surface area contributed by atoms with Crippen molar-refractivity contribution in [3.63, 3.8) is 0 Å².